The zero-order valence-corrected chi connectivity index (χ0v) is 13.2. The van der Waals surface area contributed by atoms with Gasteiger partial charge in [-0.05, 0) is 49.5 Å². The molecule has 2 rings (SSSR count). The molecule has 1 unspecified atom stereocenters. The van der Waals surface area contributed by atoms with Crippen LogP contribution in [0.5, 0.6) is 5.75 Å². The minimum absolute atomic E-state index is 0.121. The predicted molar refractivity (Wildman–Crippen MR) is 83.3 cm³/mol. The van der Waals surface area contributed by atoms with Gasteiger partial charge in [0.1, 0.15) is 11.6 Å². The van der Waals surface area contributed by atoms with Crippen molar-refractivity contribution in [3.05, 3.63) is 29.6 Å². The summed E-state index contributed by atoms with van der Waals surface area (Å²) in [4.78, 5) is 0. The van der Waals surface area contributed by atoms with E-state index in [2.05, 4.69) is 19.3 Å². The van der Waals surface area contributed by atoms with Gasteiger partial charge in [-0.1, -0.05) is 19.9 Å². The highest BCUT2D eigenvalue weighted by Gasteiger charge is 2.30. The van der Waals surface area contributed by atoms with Crippen LogP contribution in [0.3, 0.4) is 0 Å². The molecule has 0 heterocycles. The molecule has 1 fully saturated rings. The first-order chi connectivity index (χ1) is 10.1. The SMILES string of the molecule is COc1ccc(C(NN)C2CCC(C(C)C)CC2)c(F)c1. The van der Waals surface area contributed by atoms with Gasteiger partial charge in [-0.3, -0.25) is 11.3 Å². The van der Waals surface area contributed by atoms with Crippen molar-refractivity contribution in [2.24, 2.45) is 23.6 Å². The lowest BCUT2D eigenvalue weighted by Crippen LogP contribution is -2.36. The summed E-state index contributed by atoms with van der Waals surface area (Å²) in [6, 6.07) is 4.89. The molecule has 118 valence electrons. The summed E-state index contributed by atoms with van der Waals surface area (Å²) < 4.78 is 19.3. The summed E-state index contributed by atoms with van der Waals surface area (Å²) in [5, 5.41) is 0. The molecule has 0 bridgehead atoms. The Morgan fingerprint density at radius 1 is 1.19 bits per heavy atom. The minimum atomic E-state index is -0.247. The van der Waals surface area contributed by atoms with Gasteiger partial charge in [-0.15, -0.1) is 0 Å². The van der Waals surface area contributed by atoms with Gasteiger partial charge in [-0.25, -0.2) is 4.39 Å². The Morgan fingerprint density at radius 3 is 2.29 bits per heavy atom. The van der Waals surface area contributed by atoms with E-state index in [4.69, 9.17) is 10.6 Å². The number of hydrogen-bond acceptors (Lipinski definition) is 3. The van der Waals surface area contributed by atoms with Crippen LogP contribution in [0.1, 0.15) is 51.1 Å². The molecule has 1 atom stereocenters. The normalized spacial score (nSPS) is 24.1. The smallest absolute Gasteiger partial charge is 0.131 e. The Labute approximate surface area is 127 Å². The lowest BCUT2D eigenvalue weighted by molar-refractivity contribution is 0.187. The summed E-state index contributed by atoms with van der Waals surface area (Å²) in [5.41, 5.74) is 3.47. The van der Waals surface area contributed by atoms with Gasteiger partial charge in [0.15, 0.2) is 0 Å². The molecule has 21 heavy (non-hydrogen) atoms. The van der Waals surface area contributed by atoms with Crippen LogP contribution in [0.4, 0.5) is 4.39 Å². The van der Waals surface area contributed by atoms with Crippen molar-refractivity contribution < 1.29 is 9.13 Å². The highest BCUT2D eigenvalue weighted by Crippen LogP contribution is 2.39. The second-order valence-corrected chi connectivity index (χ2v) is 6.45. The maximum atomic E-state index is 14.3. The first kappa shape index (κ1) is 16.2. The quantitative estimate of drug-likeness (QED) is 0.641. The molecule has 1 saturated carbocycles. The number of ether oxygens (including phenoxy) is 1. The van der Waals surface area contributed by atoms with Crippen molar-refractivity contribution in [2.45, 2.75) is 45.6 Å². The third kappa shape index (κ3) is 3.74. The summed E-state index contributed by atoms with van der Waals surface area (Å²) in [7, 11) is 1.54. The number of methoxy groups -OCH3 is 1. The van der Waals surface area contributed by atoms with E-state index in [0.29, 0.717) is 17.2 Å². The third-order valence-electron chi connectivity index (χ3n) is 4.95. The molecule has 1 aromatic rings. The van der Waals surface area contributed by atoms with Crippen LogP contribution >= 0.6 is 0 Å². The molecule has 4 heteroatoms. The van der Waals surface area contributed by atoms with Gasteiger partial charge in [-0.2, -0.15) is 0 Å². The number of halogens is 1. The van der Waals surface area contributed by atoms with E-state index in [1.165, 1.54) is 18.9 Å². The van der Waals surface area contributed by atoms with Gasteiger partial charge in [0, 0.05) is 11.6 Å². The van der Waals surface area contributed by atoms with Crippen LogP contribution in [0, 0.1) is 23.6 Å². The zero-order chi connectivity index (χ0) is 15.4. The monoisotopic (exact) mass is 294 g/mol. The molecule has 0 amide bonds. The molecule has 3 N–H and O–H groups in total. The fraction of sp³-hybridized carbons (Fsp3) is 0.647. The average molecular weight is 294 g/mol. The largest absolute Gasteiger partial charge is 0.497 e. The summed E-state index contributed by atoms with van der Waals surface area (Å²) in [5.74, 6) is 7.93. The van der Waals surface area contributed by atoms with Gasteiger partial charge < -0.3 is 4.74 Å². The highest BCUT2D eigenvalue weighted by atomic mass is 19.1. The molecule has 0 aromatic heterocycles. The maximum Gasteiger partial charge on any atom is 0.131 e. The molecule has 1 aliphatic carbocycles. The maximum absolute atomic E-state index is 14.3. The van der Waals surface area contributed by atoms with Crippen molar-refractivity contribution in [2.75, 3.05) is 7.11 Å². The molecule has 1 aliphatic rings. The first-order valence-corrected chi connectivity index (χ1v) is 7.86. The molecular formula is C17H27FN2O. The van der Waals surface area contributed by atoms with E-state index in [9.17, 15) is 4.39 Å². The Kier molecular flexibility index (Phi) is 5.59. The van der Waals surface area contributed by atoms with Crippen LogP contribution < -0.4 is 16.0 Å². The highest BCUT2D eigenvalue weighted by molar-refractivity contribution is 5.31. The Bertz CT molecular complexity index is 456. The van der Waals surface area contributed by atoms with Crippen molar-refractivity contribution in [3.63, 3.8) is 0 Å². The second-order valence-electron chi connectivity index (χ2n) is 6.45. The van der Waals surface area contributed by atoms with Gasteiger partial charge >= 0.3 is 0 Å². The third-order valence-corrected chi connectivity index (χ3v) is 4.95. The van der Waals surface area contributed by atoms with Crippen LogP contribution in [-0.2, 0) is 0 Å². The number of rotatable bonds is 5. The van der Waals surface area contributed by atoms with Gasteiger partial charge in [0.2, 0.25) is 0 Å². The summed E-state index contributed by atoms with van der Waals surface area (Å²) in [6.45, 7) is 4.57. The summed E-state index contributed by atoms with van der Waals surface area (Å²) >= 11 is 0. The van der Waals surface area contributed by atoms with Gasteiger partial charge in [0.05, 0.1) is 13.2 Å². The number of nitrogens with two attached hydrogens (primary N) is 1. The fourth-order valence-corrected chi connectivity index (χ4v) is 3.51. The van der Waals surface area contributed by atoms with Crippen molar-refractivity contribution in [1.82, 2.24) is 5.43 Å². The van der Waals surface area contributed by atoms with E-state index in [-0.39, 0.29) is 11.9 Å². The molecule has 1 aromatic carbocycles. The van der Waals surface area contributed by atoms with Crippen LogP contribution in [0.15, 0.2) is 18.2 Å². The Balaban J connectivity index is 2.10. The Morgan fingerprint density at radius 2 is 1.81 bits per heavy atom. The first-order valence-electron chi connectivity index (χ1n) is 7.86. The van der Waals surface area contributed by atoms with E-state index >= 15 is 0 Å². The van der Waals surface area contributed by atoms with E-state index in [0.717, 1.165) is 24.7 Å². The lowest BCUT2D eigenvalue weighted by Gasteiger charge is -2.35. The second kappa shape index (κ2) is 7.23. The fourth-order valence-electron chi connectivity index (χ4n) is 3.51. The van der Waals surface area contributed by atoms with E-state index in [1.54, 1.807) is 19.2 Å². The summed E-state index contributed by atoms with van der Waals surface area (Å²) in [6.07, 6.45) is 4.61. The Hall–Kier alpha value is -1.13. The zero-order valence-electron chi connectivity index (χ0n) is 13.2. The molecule has 0 aliphatic heterocycles. The predicted octanol–water partition coefficient (Wildman–Crippen LogP) is 3.80. The molecule has 0 spiro atoms. The van der Waals surface area contributed by atoms with Crippen molar-refractivity contribution in [3.8, 4) is 5.75 Å². The average Bonchev–Trinajstić information content (AvgIpc) is 2.50. The van der Waals surface area contributed by atoms with Crippen LogP contribution in [0.25, 0.3) is 0 Å². The standard InChI is InChI=1S/C17H27FN2O/c1-11(2)12-4-6-13(7-5-12)17(20-19)15-9-8-14(21-3)10-16(15)18/h8-13,17,20H,4-7,19H2,1-3H3. The van der Waals surface area contributed by atoms with E-state index < -0.39 is 0 Å². The molecular weight excluding hydrogens is 267 g/mol. The minimum Gasteiger partial charge on any atom is -0.497 e. The number of hydrogen-bond donors (Lipinski definition) is 2. The number of nitrogens with one attached hydrogen (secondary N) is 1. The topological polar surface area (TPSA) is 47.3 Å². The van der Waals surface area contributed by atoms with E-state index in [1.807, 2.05) is 0 Å². The molecule has 3 nitrogen and oxygen atoms in total. The van der Waals surface area contributed by atoms with Crippen LogP contribution in [0.2, 0.25) is 0 Å². The molecule has 0 saturated heterocycles. The lowest BCUT2D eigenvalue weighted by atomic mass is 9.73. The molecule has 0 radical (unpaired) electrons. The number of benzene rings is 1. The number of hydrazine groups is 1. The van der Waals surface area contributed by atoms with Crippen molar-refractivity contribution in [1.29, 1.82) is 0 Å². The van der Waals surface area contributed by atoms with Crippen LogP contribution in [-0.4, -0.2) is 7.11 Å². The van der Waals surface area contributed by atoms with Crippen molar-refractivity contribution >= 4 is 0 Å². The van der Waals surface area contributed by atoms with Gasteiger partial charge in [0.25, 0.3) is 0 Å².